The van der Waals surface area contributed by atoms with Crippen molar-refractivity contribution in [3.63, 3.8) is 0 Å². The fourth-order valence-electron chi connectivity index (χ4n) is 7.39. The third-order valence-electron chi connectivity index (χ3n) is 11.2. The summed E-state index contributed by atoms with van der Waals surface area (Å²) in [7, 11) is -2.98. The number of hydrogen-bond acceptors (Lipinski definition) is 14. The Kier molecular flexibility index (Phi) is 14.3. The Bertz CT molecular complexity index is 1560. The van der Waals surface area contributed by atoms with Crippen molar-refractivity contribution in [2.45, 2.75) is 160 Å². The summed E-state index contributed by atoms with van der Waals surface area (Å²) in [4.78, 5) is 40.2. The van der Waals surface area contributed by atoms with Crippen LogP contribution in [0.2, 0.25) is 0 Å². The number of hydrogen-bond donors (Lipinski definition) is 5. The number of aliphatic hydroxyl groups is 2. The van der Waals surface area contributed by atoms with Gasteiger partial charge in [-0.1, -0.05) is 53.4 Å². The maximum Gasteiger partial charge on any atom is 0.342 e. The zero-order valence-corrected chi connectivity index (χ0v) is 33.3. The van der Waals surface area contributed by atoms with Gasteiger partial charge in [0.05, 0.1) is 20.0 Å². The summed E-state index contributed by atoms with van der Waals surface area (Å²) in [5.41, 5.74) is 4.43. The average Bonchev–Trinajstić information content (AvgIpc) is 3.68. The number of imidazole rings is 1. The molecule has 3 heterocycles. The molecule has 6 N–H and O–H groups in total. The standard InChI is InChI=1S/C36H60N7O10P/c1-7-21(3)26(32(45)51-23-15-11-9-12-16-23)41-54(48,42-27(22(4)8-2)33(46)52-24-17-13-10-14-18-24)50-19-25-29(44)36(5,47)34(53-25)43-20-38-28-30(43)39-35(37)40-31(28)49-6/h20-27,29,34,44,47H,7-19H2,1-6H3,(H2,37,39,40)(H2,41,42,48). The van der Waals surface area contributed by atoms with Gasteiger partial charge in [0.2, 0.25) is 11.8 Å². The predicted molar refractivity (Wildman–Crippen MR) is 199 cm³/mol. The van der Waals surface area contributed by atoms with Crippen LogP contribution in [0.15, 0.2) is 6.33 Å². The lowest BCUT2D eigenvalue weighted by Crippen LogP contribution is -2.50. The number of nitrogen functional groups attached to an aromatic ring is 1. The van der Waals surface area contributed by atoms with Gasteiger partial charge >= 0.3 is 19.6 Å². The van der Waals surface area contributed by atoms with Crippen molar-refractivity contribution in [1.82, 2.24) is 29.7 Å². The molecule has 5 rings (SSSR count). The van der Waals surface area contributed by atoms with Crippen LogP contribution in [-0.2, 0) is 32.9 Å². The normalized spacial score (nSPS) is 27.5. The molecule has 0 spiro atoms. The molecular formula is C36H60N7O10P. The van der Waals surface area contributed by atoms with Gasteiger partial charge in [0, 0.05) is 0 Å². The molecule has 304 valence electrons. The lowest BCUT2D eigenvalue weighted by atomic mass is 9.96. The number of methoxy groups -OCH3 is 1. The second-order valence-electron chi connectivity index (χ2n) is 15.3. The fourth-order valence-corrected chi connectivity index (χ4v) is 9.42. The molecule has 2 saturated carbocycles. The van der Waals surface area contributed by atoms with Crippen LogP contribution in [0, 0.1) is 11.8 Å². The Balaban J connectivity index is 1.43. The van der Waals surface area contributed by atoms with E-state index in [-0.39, 0.29) is 47.0 Å². The number of ether oxygens (including phenoxy) is 4. The number of esters is 2. The molecule has 0 amide bonds. The molecule has 0 radical (unpaired) electrons. The highest BCUT2D eigenvalue weighted by molar-refractivity contribution is 7.54. The summed E-state index contributed by atoms with van der Waals surface area (Å²) < 4.78 is 46.1. The number of aromatic nitrogens is 4. The summed E-state index contributed by atoms with van der Waals surface area (Å²) >= 11 is 0. The van der Waals surface area contributed by atoms with Crippen molar-refractivity contribution in [3.8, 4) is 5.88 Å². The number of carbonyl (C=O) groups excluding carboxylic acids is 2. The number of anilines is 1. The molecule has 0 aromatic carbocycles. The van der Waals surface area contributed by atoms with Crippen molar-refractivity contribution in [1.29, 1.82) is 0 Å². The van der Waals surface area contributed by atoms with E-state index < -0.39 is 62.3 Å². The van der Waals surface area contributed by atoms with Crippen molar-refractivity contribution >= 4 is 36.7 Å². The largest absolute Gasteiger partial charge is 0.479 e. The van der Waals surface area contributed by atoms with Crippen LogP contribution >= 0.6 is 7.67 Å². The molecule has 54 heavy (non-hydrogen) atoms. The van der Waals surface area contributed by atoms with E-state index in [1.54, 1.807) is 0 Å². The highest BCUT2D eigenvalue weighted by Crippen LogP contribution is 2.45. The highest BCUT2D eigenvalue weighted by Gasteiger charge is 2.54. The zero-order chi connectivity index (χ0) is 39.2. The van der Waals surface area contributed by atoms with Crippen LogP contribution in [0.4, 0.5) is 5.95 Å². The van der Waals surface area contributed by atoms with Crippen LogP contribution < -0.4 is 20.6 Å². The molecule has 2 aromatic heterocycles. The van der Waals surface area contributed by atoms with E-state index in [0.29, 0.717) is 12.8 Å². The second kappa shape index (κ2) is 18.4. The molecule has 17 nitrogen and oxygen atoms in total. The van der Waals surface area contributed by atoms with Crippen molar-refractivity contribution < 1.29 is 47.8 Å². The zero-order valence-electron chi connectivity index (χ0n) is 32.4. The molecule has 3 fully saturated rings. The minimum atomic E-state index is -4.38. The number of nitrogens with one attached hydrogen (secondary N) is 2. The quantitative estimate of drug-likeness (QED) is 0.111. The molecule has 8 unspecified atom stereocenters. The third-order valence-corrected chi connectivity index (χ3v) is 13.0. The number of carbonyl (C=O) groups is 2. The van der Waals surface area contributed by atoms with E-state index in [4.69, 9.17) is 29.2 Å². The summed E-state index contributed by atoms with van der Waals surface area (Å²) in [6, 6.07) is -2.13. The summed E-state index contributed by atoms with van der Waals surface area (Å²) in [6.07, 6.45) is 6.92. The van der Waals surface area contributed by atoms with Crippen molar-refractivity contribution in [2.75, 3.05) is 19.5 Å². The van der Waals surface area contributed by atoms with Gasteiger partial charge in [-0.2, -0.15) is 9.97 Å². The summed E-state index contributed by atoms with van der Waals surface area (Å²) in [6.45, 7) is 8.38. The Labute approximate surface area is 317 Å². The molecule has 2 aromatic rings. The van der Waals surface area contributed by atoms with E-state index in [9.17, 15) is 19.8 Å². The van der Waals surface area contributed by atoms with E-state index in [0.717, 1.165) is 64.2 Å². The Hall–Kier alpha value is -2.92. The SMILES string of the molecule is CCC(C)C(NP(=O)(NC(C(=O)OC1CCCCC1)C(C)CC)OCC1OC(n2cnc3c(OC)nc(N)nc32)C(C)(O)C1O)C(=O)OC1CCCCC1. The number of nitrogens with two attached hydrogens (primary N) is 1. The van der Waals surface area contributed by atoms with Gasteiger partial charge in [-0.05, 0) is 70.1 Å². The van der Waals surface area contributed by atoms with Gasteiger partial charge in [-0.25, -0.2) is 15.2 Å². The smallest absolute Gasteiger partial charge is 0.342 e. The number of fused-ring (bicyclic) bond motifs is 1. The minimum absolute atomic E-state index is 0.104. The first-order valence-corrected chi connectivity index (χ1v) is 21.1. The monoisotopic (exact) mass is 781 g/mol. The van der Waals surface area contributed by atoms with Crippen LogP contribution in [0.25, 0.3) is 11.2 Å². The van der Waals surface area contributed by atoms with Gasteiger partial charge in [-0.15, -0.1) is 0 Å². The van der Waals surface area contributed by atoms with Gasteiger partial charge in [0.25, 0.3) is 0 Å². The Morgan fingerprint density at radius 1 is 0.981 bits per heavy atom. The molecule has 8 atom stereocenters. The van der Waals surface area contributed by atoms with Crippen LogP contribution in [0.5, 0.6) is 5.88 Å². The van der Waals surface area contributed by atoms with Crippen molar-refractivity contribution in [3.05, 3.63) is 6.33 Å². The molecule has 1 aliphatic heterocycles. The van der Waals surface area contributed by atoms with Crippen LogP contribution in [0.1, 0.15) is 118 Å². The van der Waals surface area contributed by atoms with Gasteiger partial charge in [0.1, 0.15) is 42.1 Å². The van der Waals surface area contributed by atoms with Crippen LogP contribution in [0.3, 0.4) is 0 Å². The van der Waals surface area contributed by atoms with E-state index in [1.807, 2.05) is 27.7 Å². The average molecular weight is 782 g/mol. The highest BCUT2D eigenvalue weighted by atomic mass is 31.2. The lowest BCUT2D eigenvalue weighted by Gasteiger charge is -2.34. The molecule has 0 bridgehead atoms. The van der Waals surface area contributed by atoms with Crippen molar-refractivity contribution in [2.24, 2.45) is 11.8 Å². The Morgan fingerprint density at radius 3 is 1.98 bits per heavy atom. The molecule has 2 aliphatic carbocycles. The first kappa shape index (κ1) is 42.2. The summed E-state index contributed by atoms with van der Waals surface area (Å²) in [5.74, 6) is -1.78. The summed E-state index contributed by atoms with van der Waals surface area (Å²) in [5, 5.41) is 28.9. The second-order valence-corrected chi connectivity index (χ2v) is 17.2. The number of nitrogens with zero attached hydrogens (tertiary/aromatic N) is 4. The fraction of sp³-hybridized carbons (Fsp3) is 0.806. The maximum absolute atomic E-state index is 15.2. The van der Waals surface area contributed by atoms with Crippen LogP contribution in [-0.4, -0.2) is 97.5 Å². The first-order valence-electron chi connectivity index (χ1n) is 19.5. The minimum Gasteiger partial charge on any atom is -0.479 e. The molecule has 3 aliphatic rings. The van der Waals surface area contributed by atoms with E-state index >= 15 is 4.57 Å². The van der Waals surface area contributed by atoms with E-state index in [1.165, 1.54) is 24.9 Å². The number of rotatable bonds is 17. The first-order chi connectivity index (χ1) is 25.7. The maximum atomic E-state index is 15.2. The Morgan fingerprint density at radius 2 is 1.50 bits per heavy atom. The molecular weight excluding hydrogens is 721 g/mol. The molecule has 18 heteroatoms. The number of aliphatic hydroxyl groups excluding tert-OH is 1. The van der Waals surface area contributed by atoms with E-state index in [2.05, 4.69) is 25.1 Å². The van der Waals surface area contributed by atoms with Gasteiger partial charge in [0.15, 0.2) is 17.4 Å². The third kappa shape index (κ3) is 9.71. The van der Waals surface area contributed by atoms with Gasteiger partial charge < -0.3 is 39.4 Å². The van der Waals surface area contributed by atoms with Gasteiger partial charge in [-0.3, -0.25) is 18.7 Å². The lowest BCUT2D eigenvalue weighted by molar-refractivity contribution is -0.154. The topological polar surface area (TPSA) is 231 Å². The molecule has 1 saturated heterocycles. The predicted octanol–water partition coefficient (Wildman–Crippen LogP) is 4.31.